The van der Waals surface area contributed by atoms with Gasteiger partial charge in [0.1, 0.15) is 0 Å². The third-order valence-electron chi connectivity index (χ3n) is 5.49. The van der Waals surface area contributed by atoms with E-state index in [1.54, 1.807) is 25.2 Å². The van der Waals surface area contributed by atoms with Crippen LogP contribution in [0.4, 0.5) is 0 Å². The molecule has 2 atom stereocenters. The lowest BCUT2D eigenvalue weighted by atomic mass is 9.78. The van der Waals surface area contributed by atoms with E-state index in [9.17, 15) is 13.2 Å². The number of hydrogen-bond acceptors (Lipinski definition) is 5. The van der Waals surface area contributed by atoms with Gasteiger partial charge in [0.2, 0.25) is 15.9 Å². The number of benzene rings is 1. The van der Waals surface area contributed by atoms with Crippen LogP contribution in [-0.4, -0.2) is 55.2 Å². The fourth-order valence-electron chi connectivity index (χ4n) is 3.76. The summed E-state index contributed by atoms with van der Waals surface area (Å²) in [5.41, 5.74) is 6.14. The largest absolute Gasteiger partial charge is 0.369 e. The first kappa shape index (κ1) is 18.8. The normalized spacial score (nSPS) is 28.1. The highest BCUT2D eigenvalue weighted by Crippen LogP contribution is 2.37. The topological polar surface area (TPSA) is 96.1 Å². The first-order valence-electron chi connectivity index (χ1n) is 8.82. The molecule has 0 bridgehead atoms. The molecule has 1 amide bonds. The number of carbonyl (C=O) groups excluding carboxylic acids is 1. The second-order valence-corrected chi connectivity index (χ2v) is 9.41. The van der Waals surface area contributed by atoms with E-state index in [1.165, 1.54) is 9.21 Å². The number of carbonyl (C=O) groups is 1. The van der Waals surface area contributed by atoms with Gasteiger partial charge in [-0.15, -0.1) is 0 Å². The van der Waals surface area contributed by atoms with Crippen LogP contribution in [0.15, 0.2) is 34.2 Å². The number of aryl methyl sites for hydroxylation is 1. The van der Waals surface area contributed by atoms with Crippen LogP contribution in [0.1, 0.15) is 31.7 Å². The van der Waals surface area contributed by atoms with E-state index in [0.717, 1.165) is 18.4 Å². The van der Waals surface area contributed by atoms with Gasteiger partial charge in [-0.05, 0) is 50.3 Å². The summed E-state index contributed by atoms with van der Waals surface area (Å²) in [6.45, 7) is 4.61. The molecule has 1 saturated heterocycles. The summed E-state index contributed by atoms with van der Waals surface area (Å²) in [5.74, 6) is 0.0631. The van der Waals surface area contributed by atoms with Crippen LogP contribution in [0.3, 0.4) is 0 Å². The van der Waals surface area contributed by atoms with E-state index in [0.29, 0.717) is 18.0 Å². The lowest BCUT2D eigenvalue weighted by molar-refractivity contribution is -0.129. The van der Waals surface area contributed by atoms with Gasteiger partial charge >= 0.3 is 0 Å². The average molecular weight is 378 g/mol. The van der Waals surface area contributed by atoms with Crippen molar-refractivity contribution in [3.8, 4) is 0 Å². The minimum Gasteiger partial charge on any atom is -0.369 e. The van der Waals surface area contributed by atoms with Crippen LogP contribution in [0.2, 0.25) is 0 Å². The predicted octanol–water partition coefficient (Wildman–Crippen LogP) is 1.33. The molecule has 1 aromatic rings. The molecule has 7 nitrogen and oxygen atoms in total. The highest BCUT2D eigenvalue weighted by atomic mass is 32.2. The van der Waals surface area contributed by atoms with Crippen molar-refractivity contribution in [2.45, 2.75) is 43.5 Å². The van der Waals surface area contributed by atoms with Crippen molar-refractivity contribution in [3.63, 3.8) is 0 Å². The van der Waals surface area contributed by atoms with Crippen molar-refractivity contribution in [2.24, 2.45) is 16.6 Å². The first-order chi connectivity index (χ1) is 12.1. The number of nitrogens with two attached hydrogens (primary N) is 1. The Bertz CT molecular complexity index is 852. The van der Waals surface area contributed by atoms with Crippen molar-refractivity contribution >= 4 is 21.9 Å². The zero-order chi connectivity index (χ0) is 19.1. The number of guanidine groups is 1. The molecule has 2 aliphatic rings. The van der Waals surface area contributed by atoms with E-state index in [4.69, 9.17) is 5.73 Å². The molecule has 1 unspecified atom stereocenters. The number of aliphatic imine (C=N–C) groups is 1. The molecule has 26 heavy (non-hydrogen) atoms. The molecular formula is C18H26N4O3S. The number of nitrogens with zero attached hydrogens (tertiary/aromatic N) is 3. The summed E-state index contributed by atoms with van der Waals surface area (Å²) in [6, 6.07) is 6.95. The Labute approximate surface area is 154 Å². The lowest BCUT2D eigenvalue weighted by Crippen LogP contribution is -2.54. The maximum Gasteiger partial charge on any atom is 0.243 e. The van der Waals surface area contributed by atoms with Gasteiger partial charge in [0.05, 0.1) is 16.9 Å². The Kier molecular flexibility index (Phi) is 4.83. The van der Waals surface area contributed by atoms with Gasteiger partial charge in [-0.2, -0.15) is 4.31 Å². The zero-order valence-electron chi connectivity index (χ0n) is 15.5. The quantitative estimate of drug-likeness (QED) is 0.858. The summed E-state index contributed by atoms with van der Waals surface area (Å²) in [5, 5.41) is 0. The second kappa shape index (κ2) is 6.66. The molecule has 0 radical (unpaired) electrons. The van der Waals surface area contributed by atoms with Crippen LogP contribution in [0.5, 0.6) is 0 Å². The van der Waals surface area contributed by atoms with Crippen molar-refractivity contribution in [1.82, 2.24) is 9.21 Å². The van der Waals surface area contributed by atoms with Crippen molar-refractivity contribution in [1.29, 1.82) is 0 Å². The molecule has 2 heterocycles. The number of piperidine rings is 1. The van der Waals surface area contributed by atoms with E-state index < -0.39 is 15.6 Å². The smallest absolute Gasteiger partial charge is 0.243 e. The second-order valence-electron chi connectivity index (χ2n) is 7.48. The fraction of sp³-hybridized carbons (Fsp3) is 0.556. The van der Waals surface area contributed by atoms with E-state index in [-0.39, 0.29) is 24.2 Å². The van der Waals surface area contributed by atoms with Crippen molar-refractivity contribution < 1.29 is 13.2 Å². The monoisotopic (exact) mass is 378 g/mol. The Hall–Kier alpha value is -1.93. The van der Waals surface area contributed by atoms with Crippen LogP contribution in [0, 0.1) is 12.8 Å². The Morgan fingerprint density at radius 3 is 2.73 bits per heavy atom. The number of sulfonamides is 1. The summed E-state index contributed by atoms with van der Waals surface area (Å²) in [4.78, 5) is 18.4. The molecule has 142 valence electrons. The minimum absolute atomic E-state index is 0.0490. The maximum absolute atomic E-state index is 13.0. The predicted molar refractivity (Wildman–Crippen MR) is 100 cm³/mol. The lowest BCUT2D eigenvalue weighted by Gasteiger charge is -2.43. The minimum atomic E-state index is -3.56. The highest BCUT2D eigenvalue weighted by molar-refractivity contribution is 7.89. The molecule has 0 aliphatic carbocycles. The van der Waals surface area contributed by atoms with Gasteiger partial charge in [0.15, 0.2) is 5.96 Å². The van der Waals surface area contributed by atoms with E-state index in [1.807, 2.05) is 19.9 Å². The maximum atomic E-state index is 13.0. The summed E-state index contributed by atoms with van der Waals surface area (Å²) < 4.78 is 27.6. The Morgan fingerprint density at radius 1 is 1.35 bits per heavy atom. The van der Waals surface area contributed by atoms with E-state index in [2.05, 4.69) is 4.99 Å². The van der Waals surface area contributed by atoms with Crippen LogP contribution in [-0.2, 0) is 14.8 Å². The third kappa shape index (κ3) is 3.35. The van der Waals surface area contributed by atoms with Crippen molar-refractivity contribution in [3.05, 3.63) is 29.8 Å². The molecule has 3 rings (SSSR count). The molecule has 1 aromatic carbocycles. The summed E-state index contributed by atoms with van der Waals surface area (Å²) >= 11 is 0. The number of hydrogen-bond donors (Lipinski definition) is 1. The first-order valence-corrected chi connectivity index (χ1v) is 10.3. The molecule has 1 fully saturated rings. The number of rotatable bonds is 3. The molecular weight excluding hydrogens is 352 g/mol. The van der Waals surface area contributed by atoms with Gasteiger partial charge in [0.25, 0.3) is 0 Å². The standard InChI is InChI=1S/C18H26N4O3S/c1-13-6-4-8-15(10-13)26(24,25)22-9-5-7-14(12-22)18(2)11-16(23)21(3)17(19)20-18/h4,6,8,10,14H,5,7,9,11-12H2,1-3H3,(H2,19,20)/t14?,18-/m0/s1. The van der Waals surface area contributed by atoms with Crippen LogP contribution >= 0.6 is 0 Å². The molecule has 0 saturated carbocycles. The molecule has 2 N–H and O–H groups in total. The SMILES string of the molecule is Cc1cccc(S(=O)(=O)N2CCCC([C@]3(C)CC(=O)N(C)C(N)=N3)C2)c1. The average Bonchev–Trinajstić information content (AvgIpc) is 2.60. The van der Waals surface area contributed by atoms with E-state index >= 15 is 0 Å². The molecule has 8 heteroatoms. The molecule has 0 spiro atoms. The van der Waals surface area contributed by atoms with Gasteiger partial charge in [-0.3, -0.25) is 9.69 Å². The van der Waals surface area contributed by atoms with Crippen LogP contribution < -0.4 is 5.73 Å². The Balaban J connectivity index is 1.87. The van der Waals surface area contributed by atoms with Gasteiger partial charge in [-0.25, -0.2) is 13.4 Å². The molecule has 2 aliphatic heterocycles. The van der Waals surface area contributed by atoms with Gasteiger partial charge in [0, 0.05) is 20.1 Å². The summed E-state index contributed by atoms with van der Waals surface area (Å²) in [7, 11) is -1.96. The fourth-order valence-corrected chi connectivity index (χ4v) is 5.39. The molecule has 0 aromatic heterocycles. The zero-order valence-corrected chi connectivity index (χ0v) is 16.3. The number of amides is 1. The van der Waals surface area contributed by atoms with Crippen LogP contribution in [0.25, 0.3) is 0 Å². The summed E-state index contributed by atoms with van der Waals surface area (Å²) in [6.07, 6.45) is 1.81. The van der Waals surface area contributed by atoms with Crippen molar-refractivity contribution in [2.75, 3.05) is 20.1 Å². The Morgan fingerprint density at radius 2 is 2.08 bits per heavy atom. The van der Waals surface area contributed by atoms with Gasteiger partial charge < -0.3 is 5.73 Å². The highest BCUT2D eigenvalue weighted by Gasteiger charge is 2.44. The van der Waals surface area contributed by atoms with Gasteiger partial charge in [-0.1, -0.05) is 12.1 Å². The third-order valence-corrected chi connectivity index (χ3v) is 7.35.